The number of hydrogen-bond donors (Lipinski definition) is 1. The van der Waals surface area contributed by atoms with Crippen LogP contribution in [0.2, 0.25) is 5.02 Å². The van der Waals surface area contributed by atoms with Crippen LogP contribution in [0, 0.1) is 6.92 Å². The summed E-state index contributed by atoms with van der Waals surface area (Å²) in [6.45, 7) is 1.93. The van der Waals surface area contributed by atoms with Gasteiger partial charge in [-0.2, -0.15) is 0 Å². The van der Waals surface area contributed by atoms with Gasteiger partial charge in [-0.15, -0.1) is 0 Å². The van der Waals surface area contributed by atoms with Gasteiger partial charge in [0.25, 0.3) is 0 Å². The monoisotopic (exact) mass is 396 g/mol. The Balaban J connectivity index is 1.98. The van der Waals surface area contributed by atoms with Crippen LogP contribution in [-0.2, 0) is 9.84 Å². The molecule has 1 N–H and O–H groups in total. The highest BCUT2D eigenvalue weighted by molar-refractivity contribution is 7.92. The SMILES string of the molecule is Cc1ccc(S(=O)(=O)C(c2cccc(Cl)c2)c2c[nH]c3ncccc23)cc1. The predicted molar refractivity (Wildman–Crippen MR) is 108 cm³/mol. The van der Waals surface area contributed by atoms with Gasteiger partial charge in [-0.25, -0.2) is 13.4 Å². The molecule has 0 aliphatic rings. The minimum atomic E-state index is -3.71. The lowest BCUT2D eigenvalue weighted by atomic mass is 10.0. The molecular formula is C21H17ClN2O2S. The predicted octanol–water partition coefficient (Wildman–Crippen LogP) is 5.09. The average Bonchev–Trinajstić information content (AvgIpc) is 3.06. The Kier molecular flexibility index (Phi) is 4.50. The third-order valence-corrected chi connectivity index (χ3v) is 6.89. The van der Waals surface area contributed by atoms with Crippen molar-refractivity contribution < 1.29 is 8.42 Å². The van der Waals surface area contributed by atoms with E-state index in [1.54, 1.807) is 67.0 Å². The average molecular weight is 397 g/mol. The number of H-pyrrole nitrogens is 1. The van der Waals surface area contributed by atoms with Crippen molar-refractivity contribution in [1.29, 1.82) is 0 Å². The van der Waals surface area contributed by atoms with Crippen LogP contribution in [0.3, 0.4) is 0 Å². The molecule has 4 aromatic rings. The highest BCUT2D eigenvalue weighted by atomic mass is 35.5. The van der Waals surface area contributed by atoms with Crippen LogP contribution in [0.15, 0.2) is 78.0 Å². The first-order valence-electron chi connectivity index (χ1n) is 8.45. The fraction of sp³-hybridized carbons (Fsp3) is 0.0952. The minimum absolute atomic E-state index is 0.274. The van der Waals surface area contributed by atoms with Gasteiger partial charge in [0.05, 0.1) is 4.90 Å². The highest BCUT2D eigenvalue weighted by Crippen LogP contribution is 2.38. The van der Waals surface area contributed by atoms with E-state index in [0.717, 1.165) is 10.9 Å². The number of sulfone groups is 1. The Morgan fingerprint density at radius 2 is 1.81 bits per heavy atom. The maximum Gasteiger partial charge on any atom is 0.189 e. The molecule has 0 aliphatic heterocycles. The molecule has 1 atom stereocenters. The van der Waals surface area contributed by atoms with Crippen molar-refractivity contribution in [3.63, 3.8) is 0 Å². The Morgan fingerprint density at radius 1 is 1.04 bits per heavy atom. The second kappa shape index (κ2) is 6.83. The number of nitrogens with one attached hydrogen (secondary N) is 1. The second-order valence-electron chi connectivity index (χ2n) is 6.44. The maximum atomic E-state index is 13.6. The summed E-state index contributed by atoms with van der Waals surface area (Å²) in [7, 11) is -3.71. The van der Waals surface area contributed by atoms with Gasteiger partial charge in [-0.1, -0.05) is 41.4 Å². The van der Waals surface area contributed by atoms with E-state index in [1.165, 1.54) is 0 Å². The number of nitrogens with zero attached hydrogens (tertiary/aromatic N) is 1. The number of hydrogen-bond acceptors (Lipinski definition) is 3. The summed E-state index contributed by atoms with van der Waals surface area (Å²) in [4.78, 5) is 7.64. The number of aromatic amines is 1. The number of aryl methyl sites for hydroxylation is 1. The molecule has 27 heavy (non-hydrogen) atoms. The van der Waals surface area contributed by atoms with E-state index >= 15 is 0 Å². The number of fused-ring (bicyclic) bond motifs is 1. The van der Waals surface area contributed by atoms with Crippen molar-refractivity contribution in [3.05, 3.63) is 94.8 Å². The van der Waals surface area contributed by atoms with Crippen LogP contribution in [0.5, 0.6) is 0 Å². The first-order chi connectivity index (χ1) is 13.0. The number of rotatable bonds is 4. The van der Waals surface area contributed by atoms with Gasteiger partial charge in [0.2, 0.25) is 0 Å². The van der Waals surface area contributed by atoms with Gasteiger partial charge < -0.3 is 4.98 Å². The lowest BCUT2D eigenvalue weighted by Crippen LogP contribution is -2.15. The van der Waals surface area contributed by atoms with Gasteiger partial charge in [0, 0.05) is 28.4 Å². The summed E-state index contributed by atoms with van der Waals surface area (Å²) in [5, 5.41) is 0.379. The Labute approximate surface area is 162 Å². The summed E-state index contributed by atoms with van der Waals surface area (Å²) in [5.41, 5.74) is 2.93. The van der Waals surface area contributed by atoms with Crippen molar-refractivity contribution in [2.45, 2.75) is 17.1 Å². The fourth-order valence-corrected chi connectivity index (χ4v) is 5.27. The molecule has 2 heterocycles. The Bertz CT molecular complexity index is 1210. The molecule has 0 saturated heterocycles. The Hall–Kier alpha value is -2.63. The van der Waals surface area contributed by atoms with Crippen LogP contribution in [0.4, 0.5) is 0 Å². The molecule has 0 spiro atoms. The van der Waals surface area contributed by atoms with E-state index in [1.807, 2.05) is 13.0 Å². The number of halogens is 1. The fourth-order valence-electron chi connectivity index (χ4n) is 3.25. The Morgan fingerprint density at radius 3 is 2.56 bits per heavy atom. The zero-order valence-corrected chi connectivity index (χ0v) is 16.1. The van der Waals surface area contributed by atoms with Gasteiger partial charge in [0.1, 0.15) is 10.9 Å². The van der Waals surface area contributed by atoms with Gasteiger partial charge in [0.15, 0.2) is 9.84 Å². The molecule has 136 valence electrons. The standard InChI is InChI=1S/C21H17ClN2O2S/c1-14-7-9-17(10-8-14)27(25,26)20(15-4-2-5-16(22)12-15)19-13-24-21-18(19)6-3-11-23-21/h2-13,20H,1H3,(H,23,24). The lowest BCUT2D eigenvalue weighted by Gasteiger charge is -2.18. The van der Waals surface area contributed by atoms with Gasteiger partial charge in [-0.3, -0.25) is 0 Å². The van der Waals surface area contributed by atoms with Crippen molar-refractivity contribution in [2.75, 3.05) is 0 Å². The van der Waals surface area contributed by atoms with Crippen molar-refractivity contribution in [3.8, 4) is 0 Å². The zero-order valence-electron chi connectivity index (χ0n) is 14.6. The summed E-state index contributed by atoms with van der Waals surface area (Å²) < 4.78 is 27.2. The number of benzene rings is 2. The van der Waals surface area contributed by atoms with E-state index in [2.05, 4.69) is 9.97 Å². The van der Waals surface area contributed by atoms with Gasteiger partial charge in [-0.05, 0) is 48.9 Å². The van der Waals surface area contributed by atoms with Crippen molar-refractivity contribution in [2.24, 2.45) is 0 Å². The molecule has 0 fully saturated rings. The number of aromatic nitrogens is 2. The van der Waals surface area contributed by atoms with Crippen LogP contribution < -0.4 is 0 Å². The molecule has 0 saturated carbocycles. The van der Waals surface area contributed by atoms with Crippen molar-refractivity contribution >= 4 is 32.5 Å². The molecular weight excluding hydrogens is 380 g/mol. The molecule has 0 amide bonds. The molecule has 2 aromatic carbocycles. The topological polar surface area (TPSA) is 62.8 Å². The third kappa shape index (κ3) is 3.24. The van der Waals surface area contributed by atoms with E-state index in [0.29, 0.717) is 21.8 Å². The van der Waals surface area contributed by atoms with E-state index in [-0.39, 0.29) is 4.90 Å². The second-order valence-corrected chi connectivity index (χ2v) is 8.91. The lowest BCUT2D eigenvalue weighted by molar-refractivity contribution is 0.589. The molecule has 1 unspecified atom stereocenters. The van der Waals surface area contributed by atoms with Crippen LogP contribution >= 0.6 is 11.6 Å². The smallest absolute Gasteiger partial charge is 0.189 e. The minimum Gasteiger partial charge on any atom is -0.346 e. The quantitative estimate of drug-likeness (QED) is 0.522. The molecule has 4 rings (SSSR count). The third-order valence-electron chi connectivity index (χ3n) is 4.58. The van der Waals surface area contributed by atoms with E-state index in [9.17, 15) is 8.42 Å². The van der Waals surface area contributed by atoms with Crippen LogP contribution in [0.25, 0.3) is 11.0 Å². The normalized spacial score (nSPS) is 13.0. The summed E-state index contributed by atoms with van der Waals surface area (Å²) >= 11 is 6.17. The summed E-state index contributed by atoms with van der Waals surface area (Å²) in [6.07, 6.45) is 3.39. The summed E-state index contributed by atoms with van der Waals surface area (Å²) in [6, 6.07) is 17.6. The largest absolute Gasteiger partial charge is 0.346 e. The van der Waals surface area contributed by atoms with Crippen molar-refractivity contribution in [1.82, 2.24) is 9.97 Å². The molecule has 0 aliphatic carbocycles. The first-order valence-corrected chi connectivity index (χ1v) is 10.4. The summed E-state index contributed by atoms with van der Waals surface area (Å²) in [5.74, 6) is 0. The molecule has 4 nitrogen and oxygen atoms in total. The van der Waals surface area contributed by atoms with Crippen LogP contribution in [0.1, 0.15) is 21.9 Å². The zero-order chi connectivity index (χ0) is 19.0. The molecule has 0 bridgehead atoms. The molecule has 0 radical (unpaired) electrons. The highest BCUT2D eigenvalue weighted by Gasteiger charge is 2.33. The van der Waals surface area contributed by atoms with Crippen LogP contribution in [-0.4, -0.2) is 18.4 Å². The first kappa shape index (κ1) is 17.8. The molecule has 2 aromatic heterocycles. The maximum absolute atomic E-state index is 13.6. The van der Waals surface area contributed by atoms with Gasteiger partial charge >= 0.3 is 0 Å². The number of pyridine rings is 1. The van der Waals surface area contributed by atoms with E-state index < -0.39 is 15.1 Å². The molecule has 6 heteroatoms. The van der Waals surface area contributed by atoms with E-state index in [4.69, 9.17) is 11.6 Å².